The van der Waals surface area contributed by atoms with E-state index in [1.165, 1.54) is 6.42 Å². The van der Waals surface area contributed by atoms with Gasteiger partial charge in [-0.3, -0.25) is 4.90 Å². The fourth-order valence-electron chi connectivity index (χ4n) is 2.65. The minimum absolute atomic E-state index is 0.200. The highest BCUT2D eigenvalue weighted by molar-refractivity contribution is 5.25. The number of hydrogen-bond donors (Lipinski definition) is 2. The maximum atomic E-state index is 5.56. The van der Waals surface area contributed by atoms with Crippen LogP contribution in [-0.2, 0) is 6.54 Å². The molecule has 6 nitrogen and oxygen atoms in total. The van der Waals surface area contributed by atoms with E-state index in [1.807, 2.05) is 0 Å². The predicted octanol–water partition coefficient (Wildman–Crippen LogP) is 0.514. The van der Waals surface area contributed by atoms with E-state index in [2.05, 4.69) is 33.7 Å². The van der Waals surface area contributed by atoms with Crippen molar-refractivity contribution >= 4 is 11.9 Å². The molecule has 0 aliphatic carbocycles. The van der Waals surface area contributed by atoms with Crippen LogP contribution >= 0.6 is 0 Å². The second kappa shape index (κ2) is 4.83. The van der Waals surface area contributed by atoms with Gasteiger partial charge in [-0.05, 0) is 18.3 Å². The molecule has 2 rings (SSSR count). The molecular weight excluding hydrogens is 216 g/mol. The quantitative estimate of drug-likeness (QED) is 0.777. The standard InChI is InChI=1S/C11H20N6/c1-7-3-8(2)5-17(4-7)6-9-14-10(12)16-11(13)15-9/h7-8H,3-6H2,1-2H3,(H4,12,13,14,15,16)/t7-,8-/m1/s1. The van der Waals surface area contributed by atoms with Crippen LogP contribution in [0, 0.1) is 11.8 Å². The highest BCUT2D eigenvalue weighted by atomic mass is 15.2. The van der Waals surface area contributed by atoms with Crippen LogP contribution in [0.1, 0.15) is 26.1 Å². The first-order valence-electron chi connectivity index (χ1n) is 6.01. The van der Waals surface area contributed by atoms with Gasteiger partial charge >= 0.3 is 0 Å². The lowest BCUT2D eigenvalue weighted by atomic mass is 9.92. The lowest BCUT2D eigenvalue weighted by Gasteiger charge is -2.34. The van der Waals surface area contributed by atoms with Gasteiger partial charge in [-0.2, -0.15) is 15.0 Å². The van der Waals surface area contributed by atoms with Crippen molar-refractivity contribution in [3.63, 3.8) is 0 Å². The summed E-state index contributed by atoms with van der Waals surface area (Å²) in [6, 6.07) is 0. The van der Waals surface area contributed by atoms with E-state index in [-0.39, 0.29) is 11.9 Å². The average molecular weight is 236 g/mol. The average Bonchev–Trinajstić information content (AvgIpc) is 2.13. The van der Waals surface area contributed by atoms with E-state index in [0.717, 1.165) is 24.9 Å². The van der Waals surface area contributed by atoms with Crippen molar-refractivity contribution in [1.82, 2.24) is 19.9 Å². The zero-order chi connectivity index (χ0) is 12.4. The molecule has 1 fully saturated rings. The van der Waals surface area contributed by atoms with Gasteiger partial charge in [0.15, 0.2) is 0 Å². The lowest BCUT2D eigenvalue weighted by Crippen LogP contribution is -2.38. The molecule has 0 saturated carbocycles. The molecule has 6 heteroatoms. The summed E-state index contributed by atoms with van der Waals surface area (Å²) in [5.41, 5.74) is 11.1. The highest BCUT2D eigenvalue weighted by Crippen LogP contribution is 2.21. The molecule has 4 N–H and O–H groups in total. The maximum Gasteiger partial charge on any atom is 0.225 e. The van der Waals surface area contributed by atoms with Crippen LogP contribution in [0.5, 0.6) is 0 Å². The Morgan fingerprint density at radius 3 is 2.12 bits per heavy atom. The summed E-state index contributed by atoms with van der Waals surface area (Å²) in [6.45, 7) is 7.41. The summed E-state index contributed by atoms with van der Waals surface area (Å²) in [5.74, 6) is 2.50. The van der Waals surface area contributed by atoms with Crippen molar-refractivity contribution in [3.05, 3.63) is 5.82 Å². The number of nitrogens with zero attached hydrogens (tertiary/aromatic N) is 4. The van der Waals surface area contributed by atoms with Gasteiger partial charge in [0.1, 0.15) is 5.82 Å². The minimum atomic E-state index is 0.200. The molecule has 1 aromatic heterocycles. The fourth-order valence-corrected chi connectivity index (χ4v) is 2.65. The number of rotatable bonds is 2. The number of nitrogens with two attached hydrogens (primary N) is 2. The van der Waals surface area contributed by atoms with E-state index in [9.17, 15) is 0 Å². The van der Waals surface area contributed by atoms with Crippen molar-refractivity contribution in [2.45, 2.75) is 26.8 Å². The predicted molar refractivity (Wildman–Crippen MR) is 66.9 cm³/mol. The molecular formula is C11H20N6. The monoisotopic (exact) mass is 236 g/mol. The third-order valence-corrected chi connectivity index (χ3v) is 3.03. The molecule has 0 amide bonds. The number of anilines is 2. The summed E-state index contributed by atoms with van der Waals surface area (Å²) in [6.07, 6.45) is 1.29. The number of hydrogen-bond acceptors (Lipinski definition) is 6. The summed E-state index contributed by atoms with van der Waals surface area (Å²) in [5, 5.41) is 0. The largest absolute Gasteiger partial charge is 0.368 e. The third kappa shape index (κ3) is 3.26. The van der Waals surface area contributed by atoms with Gasteiger partial charge in [0.2, 0.25) is 11.9 Å². The molecule has 1 aliphatic heterocycles. The van der Waals surface area contributed by atoms with E-state index in [1.54, 1.807) is 0 Å². The number of likely N-dealkylation sites (tertiary alicyclic amines) is 1. The van der Waals surface area contributed by atoms with Crippen molar-refractivity contribution in [2.24, 2.45) is 11.8 Å². The SMILES string of the molecule is C[C@@H]1C[C@@H](C)CN(Cc2nc(N)nc(N)n2)C1. The second-order valence-electron chi connectivity index (χ2n) is 5.11. The van der Waals surface area contributed by atoms with Crippen LogP contribution in [0.25, 0.3) is 0 Å². The van der Waals surface area contributed by atoms with Gasteiger partial charge in [-0.15, -0.1) is 0 Å². The van der Waals surface area contributed by atoms with E-state index >= 15 is 0 Å². The highest BCUT2D eigenvalue weighted by Gasteiger charge is 2.22. The summed E-state index contributed by atoms with van der Waals surface area (Å²) in [7, 11) is 0. The number of nitrogen functional groups attached to an aromatic ring is 2. The molecule has 0 unspecified atom stereocenters. The first kappa shape index (κ1) is 12.0. The fraction of sp³-hybridized carbons (Fsp3) is 0.727. The van der Waals surface area contributed by atoms with Crippen molar-refractivity contribution in [3.8, 4) is 0 Å². The Morgan fingerprint density at radius 2 is 1.59 bits per heavy atom. The summed E-state index contributed by atoms with van der Waals surface area (Å²) >= 11 is 0. The van der Waals surface area contributed by atoms with E-state index < -0.39 is 0 Å². The zero-order valence-electron chi connectivity index (χ0n) is 10.4. The zero-order valence-corrected chi connectivity index (χ0v) is 10.4. The second-order valence-corrected chi connectivity index (χ2v) is 5.11. The van der Waals surface area contributed by atoms with Gasteiger partial charge in [0.25, 0.3) is 0 Å². The van der Waals surface area contributed by atoms with Crippen molar-refractivity contribution in [1.29, 1.82) is 0 Å². The molecule has 0 aromatic carbocycles. The Kier molecular flexibility index (Phi) is 3.42. The number of piperidine rings is 1. The lowest BCUT2D eigenvalue weighted by molar-refractivity contribution is 0.131. The Labute approximate surface area is 101 Å². The van der Waals surface area contributed by atoms with Crippen LogP contribution in [0.3, 0.4) is 0 Å². The Bertz CT molecular complexity index is 363. The molecule has 1 saturated heterocycles. The first-order valence-corrected chi connectivity index (χ1v) is 6.01. The van der Waals surface area contributed by atoms with E-state index in [4.69, 9.17) is 11.5 Å². The van der Waals surface area contributed by atoms with Crippen LogP contribution in [0.4, 0.5) is 11.9 Å². The van der Waals surface area contributed by atoms with Gasteiger partial charge in [-0.1, -0.05) is 13.8 Å². The molecule has 94 valence electrons. The van der Waals surface area contributed by atoms with Crippen LogP contribution in [-0.4, -0.2) is 32.9 Å². The molecule has 0 spiro atoms. The first-order chi connectivity index (χ1) is 8.02. The minimum Gasteiger partial charge on any atom is -0.368 e. The molecule has 1 aromatic rings. The third-order valence-electron chi connectivity index (χ3n) is 3.03. The van der Waals surface area contributed by atoms with Crippen molar-refractivity contribution < 1.29 is 0 Å². The molecule has 0 radical (unpaired) electrons. The van der Waals surface area contributed by atoms with Crippen LogP contribution < -0.4 is 11.5 Å². The maximum absolute atomic E-state index is 5.56. The summed E-state index contributed by atoms with van der Waals surface area (Å²) < 4.78 is 0. The Morgan fingerprint density at radius 1 is 1.06 bits per heavy atom. The molecule has 2 atom stereocenters. The van der Waals surface area contributed by atoms with Gasteiger partial charge < -0.3 is 11.5 Å². The normalized spacial score (nSPS) is 26.0. The summed E-state index contributed by atoms with van der Waals surface area (Å²) in [4.78, 5) is 14.4. The van der Waals surface area contributed by atoms with Crippen molar-refractivity contribution in [2.75, 3.05) is 24.6 Å². The van der Waals surface area contributed by atoms with Gasteiger partial charge in [-0.25, -0.2) is 0 Å². The topological polar surface area (TPSA) is 94.0 Å². The van der Waals surface area contributed by atoms with Gasteiger partial charge in [0.05, 0.1) is 6.54 Å². The van der Waals surface area contributed by atoms with Gasteiger partial charge in [0, 0.05) is 13.1 Å². The van der Waals surface area contributed by atoms with Crippen LogP contribution in [0.2, 0.25) is 0 Å². The van der Waals surface area contributed by atoms with E-state index in [0.29, 0.717) is 12.4 Å². The smallest absolute Gasteiger partial charge is 0.225 e. The molecule has 0 bridgehead atoms. The Balaban J connectivity index is 2.04. The Hall–Kier alpha value is -1.43. The molecule has 1 aliphatic rings. The molecule has 2 heterocycles. The van der Waals surface area contributed by atoms with Crippen LogP contribution in [0.15, 0.2) is 0 Å². The number of aromatic nitrogens is 3. The molecule has 17 heavy (non-hydrogen) atoms.